The van der Waals surface area contributed by atoms with Crippen molar-refractivity contribution in [2.45, 2.75) is 6.92 Å². The molecule has 2 aromatic carbocycles. The highest BCUT2D eigenvalue weighted by molar-refractivity contribution is 6.45. The van der Waals surface area contributed by atoms with Gasteiger partial charge in [-0.25, -0.2) is 0 Å². The van der Waals surface area contributed by atoms with E-state index in [2.05, 4.69) is 10.6 Å². The first-order valence-electron chi connectivity index (χ1n) is 6.20. The third kappa shape index (κ3) is 4.13. The van der Waals surface area contributed by atoms with Crippen molar-refractivity contribution in [2.75, 3.05) is 10.6 Å². The molecule has 2 amide bonds. The zero-order valence-electron chi connectivity index (χ0n) is 11.4. The van der Waals surface area contributed by atoms with E-state index in [1.807, 2.05) is 0 Å². The van der Waals surface area contributed by atoms with E-state index in [4.69, 9.17) is 34.8 Å². The maximum Gasteiger partial charge on any atom is 0.314 e. The van der Waals surface area contributed by atoms with Crippen LogP contribution in [0.4, 0.5) is 11.4 Å². The molecule has 4 nitrogen and oxygen atoms in total. The molecule has 0 atom stereocenters. The van der Waals surface area contributed by atoms with Gasteiger partial charge < -0.3 is 10.6 Å². The van der Waals surface area contributed by atoms with Crippen LogP contribution in [0.1, 0.15) is 5.56 Å². The molecule has 0 aliphatic heterocycles. The highest BCUT2D eigenvalue weighted by Crippen LogP contribution is 2.25. The number of amides is 2. The lowest BCUT2D eigenvalue weighted by Gasteiger charge is -2.10. The molecule has 0 spiro atoms. The number of benzene rings is 2. The summed E-state index contributed by atoms with van der Waals surface area (Å²) in [6.45, 7) is 1.79. The summed E-state index contributed by atoms with van der Waals surface area (Å²) in [6.07, 6.45) is 0. The van der Waals surface area contributed by atoms with Crippen molar-refractivity contribution in [1.82, 2.24) is 0 Å². The molecule has 22 heavy (non-hydrogen) atoms. The number of anilines is 2. The van der Waals surface area contributed by atoms with Crippen LogP contribution in [0.15, 0.2) is 36.4 Å². The summed E-state index contributed by atoms with van der Waals surface area (Å²) in [4.78, 5) is 23.8. The van der Waals surface area contributed by atoms with Crippen molar-refractivity contribution in [3.05, 3.63) is 57.0 Å². The third-order valence-electron chi connectivity index (χ3n) is 2.83. The van der Waals surface area contributed by atoms with E-state index in [-0.39, 0.29) is 5.02 Å². The van der Waals surface area contributed by atoms with Gasteiger partial charge in [-0.3, -0.25) is 9.59 Å². The van der Waals surface area contributed by atoms with Gasteiger partial charge in [0.1, 0.15) is 0 Å². The monoisotopic (exact) mass is 356 g/mol. The highest BCUT2D eigenvalue weighted by atomic mass is 35.5. The quantitative estimate of drug-likeness (QED) is 0.776. The highest BCUT2D eigenvalue weighted by Gasteiger charge is 2.16. The molecule has 114 valence electrons. The predicted octanol–water partition coefficient (Wildman–Crippen LogP) is 4.53. The van der Waals surface area contributed by atoms with Crippen LogP contribution >= 0.6 is 34.8 Å². The first-order valence-corrected chi connectivity index (χ1v) is 7.34. The van der Waals surface area contributed by atoms with Gasteiger partial charge >= 0.3 is 11.8 Å². The number of hydrogen-bond donors (Lipinski definition) is 2. The Morgan fingerprint density at radius 3 is 2.00 bits per heavy atom. The van der Waals surface area contributed by atoms with E-state index in [0.717, 1.165) is 5.56 Å². The first kappa shape index (κ1) is 16.6. The van der Waals surface area contributed by atoms with Crippen LogP contribution in [0, 0.1) is 6.92 Å². The van der Waals surface area contributed by atoms with E-state index >= 15 is 0 Å². The molecule has 0 aromatic heterocycles. The lowest BCUT2D eigenvalue weighted by molar-refractivity contribution is -0.133. The summed E-state index contributed by atoms with van der Waals surface area (Å²) in [6, 6.07) is 9.55. The van der Waals surface area contributed by atoms with Crippen LogP contribution in [0.3, 0.4) is 0 Å². The van der Waals surface area contributed by atoms with Crippen LogP contribution in [-0.4, -0.2) is 11.8 Å². The molecular weight excluding hydrogens is 347 g/mol. The van der Waals surface area contributed by atoms with Crippen LogP contribution in [0.2, 0.25) is 15.1 Å². The minimum absolute atomic E-state index is 0.243. The normalized spacial score (nSPS) is 10.2. The molecule has 0 aliphatic rings. The second-order valence-electron chi connectivity index (χ2n) is 4.49. The molecular formula is C15H11Cl3N2O2. The van der Waals surface area contributed by atoms with Crippen LogP contribution in [-0.2, 0) is 9.59 Å². The first-order chi connectivity index (χ1) is 10.4. The predicted molar refractivity (Wildman–Crippen MR) is 89.9 cm³/mol. The molecule has 0 fully saturated rings. The van der Waals surface area contributed by atoms with Crippen molar-refractivity contribution >= 4 is 58.0 Å². The maximum atomic E-state index is 11.9. The Labute approximate surface area is 142 Å². The molecule has 2 aromatic rings. The smallest absolute Gasteiger partial charge is 0.314 e. The fraction of sp³-hybridized carbons (Fsp3) is 0.0667. The topological polar surface area (TPSA) is 58.2 Å². The second-order valence-corrected chi connectivity index (χ2v) is 5.77. The molecule has 0 unspecified atom stereocenters. The number of carbonyl (C=O) groups is 2. The number of rotatable bonds is 2. The molecule has 0 saturated heterocycles. The fourth-order valence-electron chi connectivity index (χ4n) is 1.68. The molecule has 0 bridgehead atoms. The van der Waals surface area contributed by atoms with E-state index in [0.29, 0.717) is 21.4 Å². The standard InChI is InChI=1S/C15H11Cl3N2O2/c1-8-2-3-10(17)7-13(8)20-15(22)14(21)19-12-5-4-9(16)6-11(12)18/h2-7H,1H3,(H,19,21)(H,20,22). The zero-order valence-corrected chi connectivity index (χ0v) is 13.7. The number of hydrogen-bond acceptors (Lipinski definition) is 2. The summed E-state index contributed by atoms with van der Waals surface area (Å²) >= 11 is 17.6. The summed E-state index contributed by atoms with van der Waals surface area (Å²) < 4.78 is 0. The minimum atomic E-state index is -0.844. The molecule has 0 saturated carbocycles. The number of nitrogens with one attached hydrogen (secondary N) is 2. The van der Waals surface area contributed by atoms with Crippen molar-refractivity contribution in [2.24, 2.45) is 0 Å². The summed E-state index contributed by atoms with van der Waals surface area (Å²) in [5.41, 5.74) is 1.55. The Bertz CT molecular complexity index is 748. The van der Waals surface area contributed by atoms with Gasteiger partial charge in [0.25, 0.3) is 0 Å². The van der Waals surface area contributed by atoms with Gasteiger partial charge in [0.2, 0.25) is 0 Å². The molecule has 7 heteroatoms. The maximum absolute atomic E-state index is 11.9. The fourth-order valence-corrected chi connectivity index (χ4v) is 2.31. The molecule has 2 N–H and O–H groups in total. The lowest BCUT2D eigenvalue weighted by atomic mass is 10.2. The van der Waals surface area contributed by atoms with Gasteiger partial charge in [0.15, 0.2) is 0 Å². The van der Waals surface area contributed by atoms with Gasteiger partial charge in [0.05, 0.1) is 10.7 Å². The van der Waals surface area contributed by atoms with Gasteiger partial charge in [-0.15, -0.1) is 0 Å². The van der Waals surface area contributed by atoms with Crippen molar-refractivity contribution < 1.29 is 9.59 Å². The Balaban J connectivity index is 2.09. The van der Waals surface area contributed by atoms with Crippen LogP contribution in [0.25, 0.3) is 0 Å². The average Bonchev–Trinajstić information content (AvgIpc) is 2.45. The summed E-state index contributed by atoms with van der Waals surface area (Å²) in [7, 11) is 0. The van der Waals surface area contributed by atoms with Crippen LogP contribution in [0.5, 0.6) is 0 Å². The van der Waals surface area contributed by atoms with Crippen molar-refractivity contribution in [3.8, 4) is 0 Å². The van der Waals surface area contributed by atoms with Gasteiger partial charge in [-0.05, 0) is 42.8 Å². The Morgan fingerprint density at radius 2 is 1.36 bits per heavy atom. The van der Waals surface area contributed by atoms with E-state index in [9.17, 15) is 9.59 Å². The average molecular weight is 358 g/mol. The van der Waals surface area contributed by atoms with Gasteiger partial charge in [-0.2, -0.15) is 0 Å². The van der Waals surface area contributed by atoms with Crippen LogP contribution < -0.4 is 10.6 Å². The lowest BCUT2D eigenvalue weighted by Crippen LogP contribution is -2.29. The molecule has 2 rings (SSSR count). The zero-order chi connectivity index (χ0) is 16.3. The van der Waals surface area contributed by atoms with E-state index in [1.54, 1.807) is 31.2 Å². The Hall–Kier alpha value is -1.75. The SMILES string of the molecule is Cc1ccc(Cl)cc1NC(=O)C(=O)Nc1ccc(Cl)cc1Cl. The van der Waals surface area contributed by atoms with Crippen molar-refractivity contribution in [1.29, 1.82) is 0 Å². The van der Waals surface area contributed by atoms with E-state index < -0.39 is 11.8 Å². The number of carbonyl (C=O) groups excluding carboxylic acids is 2. The Kier molecular flexibility index (Phi) is 5.29. The number of halogens is 3. The number of aryl methyl sites for hydroxylation is 1. The van der Waals surface area contributed by atoms with Gasteiger partial charge in [0, 0.05) is 15.7 Å². The molecule has 0 radical (unpaired) electrons. The third-order valence-corrected chi connectivity index (χ3v) is 3.62. The van der Waals surface area contributed by atoms with Crippen molar-refractivity contribution in [3.63, 3.8) is 0 Å². The van der Waals surface area contributed by atoms with E-state index in [1.165, 1.54) is 12.1 Å². The second kappa shape index (κ2) is 7.01. The van der Waals surface area contributed by atoms with Gasteiger partial charge in [-0.1, -0.05) is 40.9 Å². The largest absolute Gasteiger partial charge is 0.317 e. The molecule has 0 heterocycles. The minimum Gasteiger partial charge on any atom is -0.317 e. The Morgan fingerprint density at radius 1 is 0.818 bits per heavy atom. The summed E-state index contributed by atoms with van der Waals surface area (Å²) in [5.74, 6) is -1.67. The molecule has 0 aliphatic carbocycles. The summed E-state index contributed by atoms with van der Waals surface area (Å²) in [5, 5.41) is 6.05.